The predicted octanol–water partition coefficient (Wildman–Crippen LogP) is 1.52. The number of para-hydroxylation sites is 2. The minimum Gasteiger partial charge on any atom is -0.495 e. The van der Waals surface area contributed by atoms with Gasteiger partial charge in [-0.25, -0.2) is 0 Å². The average Bonchev–Trinajstić information content (AvgIpc) is 2.46. The molecular formula is C15H22N2O4. The van der Waals surface area contributed by atoms with Crippen LogP contribution in [0, 0.1) is 0 Å². The Morgan fingerprint density at radius 2 is 1.86 bits per heavy atom. The number of carbonyl (C=O) groups is 2. The molecule has 0 aromatic heterocycles. The first-order chi connectivity index (χ1) is 9.97. The Hall–Kier alpha value is -2.08. The maximum absolute atomic E-state index is 12.1. The van der Waals surface area contributed by atoms with E-state index in [1.807, 2.05) is 26.0 Å². The third-order valence-electron chi connectivity index (χ3n) is 3.02. The lowest BCUT2D eigenvalue weighted by atomic mass is 10.2. The third kappa shape index (κ3) is 5.43. The third-order valence-corrected chi connectivity index (χ3v) is 3.02. The minimum atomic E-state index is -0.367. The summed E-state index contributed by atoms with van der Waals surface area (Å²) in [5.41, 5.74) is 0.603. The average molecular weight is 294 g/mol. The highest BCUT2D eigenvalue weighted by atomic mass is 16.5. The summed E-state index contributed by atoms with van der Waals surface area (Å²) in [5.74, 6) is 0.0146. The van der Waals surface area contributed by atoms with Gasteiger partial charge in [0.25, 0.3) is 0 Å². The Morgan fingerprint density at radius 1 is 1.19 bits per heavy atom. The summed E-state index contributed by atoms with van der Waals surface area (Å²) < 4.78 is 9.81. The summed E-state index contributed by atoms with van der Waals surface area (Å²) in [7, 11) is 2.87. The number of nitrogens with one attached hydrogen (secondary N) is 1. The van der Waals surface area contributed by atoms with Crippen molar-refractivity contribution >= 4 is 17.6 Å². The van der Waals surface area contributed by atoms with E-state index in [-0.39, 0.29) is 31.0 Å². The molecule has 0 atom stereocenters. The van der Waals surface area contributed by atoms with Crippen molar-refractivity contribution in [2.24, 2.45) is 0 Å². The van der Waals surface area contributed by atoms with Gasteiger partial charge in [-0.3, -0.25) is 14.5 Å². The molecule has 1 aromatic rings. The number of carbonyl (C=O) groups excluding carboxylic acids is 2. The molecule has 1 rings (SSSR count). The number of hydrogen-bond donors (Lipinski definition) is 1. The number of methoxy groups -OCH3 is 2. The van der Waals surface area contributed by atoms with Gasteiger partial charge in [-0.2, -0.15) is 0 Å². The van der Waals surface area contributed by atoms with Crippen molar-refractivity contribution in [3.05, 3.63) is 24.3 Å². The van der Waals surface area contributed by atoms with Crippen LogP contribution in [0.25, 0.3) is 0 Å². The van der Waals surface area contributed by atoms with E-state index in [9.17, 15) is 9.59 Å². The first kappa shape index (κ1) is 17.0. The molecular weight excluding hydrogens is 272 g/mol. The molecule has 0 aliphatic carbocycles. The molecule has 116 valence electrons. The Bertz CT molecular complexity index is 488. The largest absolute Gasteiger partial charge is 0.495 e. The Morgan fingerprint density at radius 3 is 2.43 bits per heavy atom. The van der Waals surface area contributed by atoms with Gasteiger partial charge in [-0.05, 0) is 26.0 Å². The van der Waals surface area contributed by atoms with Gasteiger partial charge in [0, 0.05) is 6.04 Å². The SMILES string of the molecule is COC(=O)CN(CC(=O)Nc1ccccc1OC)C(C)C. The summed E-state index contributed by atoms with van der Waals surface area (Å²) in [4.78, 5) is 25.2. The Kier molecular flexibility index (Phi) is 6.68. The Labute approximate surface area is 125 Å². The second-order valence-electron chi connectivity index (χ2n) is 4.82. The number of amides is 1. The topological polar surface area (TPSA) is 67.9 Å². The van der Waals surface area contributed by atoms with Crippen molar-refractivity contribution in [2.45, 2.75) is 19.9 Å². The molecule has 0 saturated carbocycles. The smallest absolute Gasteiger partial charge is 0.319 e. The zero-order valence-electron chi connectivity index (χ0n) is 12.9. The quantitative estimate of drug-likeness (QED) is 0.772. The second-order valence-corrected chi connectivity index (χ2v) is 4.82. The van der Waals surface area contributed by atoms with E-state index in [0.717, 1.165) is 0 Å². The number of esters is 1. The number of hydrogen-bond acceptors (Lipinski definition) is 5. The molecule has 1 N–H and O–H groups in total. The van der Waals surface area contributed by atoms with Crippen molar-refractivity contribution in [2.75, 3.05) is 32.6 Å². The maximum Gasteiger partial charge on any atom is 0.319 e. The van der Waals surface area contributed by atoms with Crippen LogP contribution >= 0.6 is 0 Å². The van der Waals surface area contributed by atoms with E-state index in [4.69, 9.17) is 4.74 Å². The van der Waals surface area contributed by atoms with Crippen LogP contribution in [0.1, 0.15) is 13.8 Å². The van der Waals surface area contributed by atoms with Crippen LogP contribution in [-0.2, 0) is 14.3 Å². The van der Waals surface area contributed by atoms with E-state index >= 15 is 0 Å². The summed E-state index contributed by atoms with van der Waals surface area (Å²) in [6.45, 7) is 4.01. The van der Waals surface area contributed by atoms with Gasteiger partial charge in [-0.15, -0.1) is 0 Å². The van der Waals surface area contributed by atoms with Crippen molar-refractivity contribution in [1.29, 1.82) is 0 Å². The molecule has 6 heteroatoms. The van der Waals surface area contributed by atoms with Gasteiger partial charge in [0.15, 0.2) is 0 Å². The minimum absolute atomic E-state index is 0.0486. The number of rotatable bonds is 7. The van der Waals surface area contributed by atoms with Crippen molar-refractivity contribution < 1.29 is 19.1 Å². The molecule has 0 saturated heterocycles. The number of benzene rings is 1. The van der Waals surface area contributed by atoms with Crippen LogP contribution in [0.4, 0.5) is 5.69 Å². The Balaban J connectivity index is 2.67. The van der Waals surface area contributed by atoms with E-state index in [1.54, 1.807) is 24.1 Å². The molecule has 21 heavy (non-hydrogen) atoms. The van der Waals surface area contributed by atoms with E-state index in [1.165, 1.54) is 7.11 Å². The van der Waals surface area contributed by atoms with Crippen LogP contribution in [0.15, 0.2) is 24.3 Å². The van der Waals surface area contributed by atoms with Crippen LogP contribution in [0.3, 0.4) is 0 Å². The fraction of sp³-hybridized carbons (Fsp3) is 0.467. The lowest BCUT2D eigenvalue weighted by Crippen LogP contribution is -2.41. The fourth-order valence-corrected chi connectivity index (χ4v) is 1.77. The molecule has 1 amide bonds. The number of anilines is 1. The van der Waals surface area contributed by atoms with Gasteiger partial charge in [0.1, 0.15) is 5.75 Å². The molecule has 0 fully saturated rings. The summed E-state index contributed by atoms with van der Waals surface area (Å²) in [6, 6.07) is 7.22. The van der Waals surface area contributed by atoms with Crippen LogP contribution in [0.2, 0.25) is 0 Å². The first-order valence-electron chi connectivity index (χ1n) is 6.71. The molecule has 0 spiro atoms. The summed E-state index contributed by atoms with van der Waals surface area (Å²) in [5, 5.41) is 2.78. The molecule has 0 radical (unpaired) electrons. The number of ether oxygens (including phenoxy) is 2. The molecule has 0 bridgehead atoms. The molecule has 0 unspecified atom stereocenters. The fourth-order valence-electron chi connectivity index (χ4n) is 1.77. The van der Waals surface area contributed by atoms with Crippen LogP contribution < -0.4 is 10.1 Å². The van der Waals surface area contributed by atoms with Gasteiger partial charge in [-0.1, -0.05) is 12.1 Å². The molecule has 0 aliphatic rings. The first-order valence-corrected chi connectivity index (χ1v) is 6.71. The molecule has 0 aliphatic heterocycles. The summed E-state index contributed by atoms with van der Waals surface area (Å²) in [6.07, 6.45) is 0. The van der Waals surface area contributed by atoms with E-state index < -0.39 is 0 Å². The second kappa shape index (κ2) is 8.26. The lowest BCUT2D eigenvalue weighted by Gasteiger charge is -2.24. The van der Waals surface area contributed by atoms with Gasteiger partial charge >= 0.3 is 5.97 Å². The van der Waals surface area contributed by atoms with Gasteiger partial charge in [0.05, 0.1) is 33.0 Å². The van der Waals surface area contributed by atoms with Crippen LogP contribution in [-0.4, -0.2) is 50.1 Å². The monoisotopic (exact) mass is 294 g/mol. The molecule has 0 heterocycles. The highest BCUT2D eigenvalue weighted by molar-refractivity contribution is 5.93. The zero-order valence-corrected chi connectivity index (χ0v) is 12.9. The number of nitrogens with zero attached hydrogens (tertiary/aromatic N) is 1. The highest BCUT2D eigenvalue weighted by Crippen LogP contribution is 2.22. The molecule has 6 nitrogen and oxygen atoms in total. The van der Waals surface area contributed by atoms with Crippen LogP contribution in [0.5, 0.6) is 5.75 Å². The summed E-state index contributed by atoms with van der Waals surface area (Å²) >= 11 is 0. The maximum atomic E-state index is 12.1. The lowest BCUT2D eigenvalue weighted by molar-refractivity contribution is -0.142. The highest BCUT2D eigenvalue weighted by Gasteiger charge is 2.18. The van der Waals surface area contributed by atoms with E-state index in [0.29, 0.717) is 11.4 Å². The normalized spacial score (nSPS) is 10.6. The molecule has 1 aromatic carbocycles. The predicted molar refractivity (Wildman–Crippen MR) is 80.3 cm³/mol. The van der Waals surface area contributed by atoms with Crippen molar-refractivity contribution in [1.82, 2.24) is 4.90 Å². The van der Waals surface area contributed by atoms with Crippen molar-refractivity contribution in [3.63, 3.8) is 0 Å². The van der Waals surface area contributed by atoms with Gasteiger partial charge < -0.3 is 14.8 Å². The zero-order chi connectivity index (χ0) is 15.8. The standard InChI is InChI=1S/C15H22N2O4/c1-11(2)17(10-15(19)21-4)9-14(18)16-12-7-5-6-8-13(12)20-3/h5-8,11H,9-10H2,1-4H3,(H,16,18). The van der Waals surface area contributed by atoms with Crippen molar-refractivity contribution in [3.8, 4) is 5.75 Å². The van der Waals surface area contributed by atoms with E-state index in [2.05, 4.69) is 10.1 Å². The van der Waals surface area contributed by atoms with Gasteiger partial charge in [0.2, 0.25) is 5.91 Å².